The van der Waals surface area contributed by atoms with Crippen molar-refractivity contribution in [3.05, 3.63) is 108 Å². The van der Waals surface area contributed by atoms with Gasteiger partial charge in [0.2, 0.25) is 5.71 Å². The van der Waals surface area contributed by atoms with E-state index in [1.54, 1.807) is 4.57 Å². The summed E-state index contributed by atoms with van der Waals surface area (Å²) in [5, 5.41) is 3.25. The summed E-state index contributed by atoms with van der Waals surface area (Å²) in [6, 6.07) is 31.7. The molecular formula is C41H44IrN4OSi-2. The number of pyridine rings is 2. The molecule has 0 N–H and O–H groups in total. The number of furan rings is 1. The molecule has 249 valence electrons. The van der Waals surface area contributed by atoms with Gasteiger partial charge in [-0.3, -0.25) is 4.98 Å². The second kappa shape index (κ2) is 13.9. The number of hydrogen-bond acceptors (Lipinski definition) is 4. The van der Waals surface area contributed by atoms with Crippen LogP contribution < -0.4 is 5.19 Å². The van der Waals surface area contributed by atoms with Crippen molar-refractivity contribution in [2.24, 2.45) is 5.41 Å². The van der Waals surface area contributed by atoms with Crippen LogP contribution in [0.4, 0.5) is 0 Å². The topological polar surface area (TPSA) is 56.7 Å². The van der Waals surface area contributed by atoms with Crippen LogP contribution in [0.15, 0.2) is 89.5 Å². The van der Waals surface area contributed by atoms with Gasteiger partial charge in [-0.1, -0.05) is 83.4 Å². The van der Waals surface area contributed by atoms with Crippen LogP contribution in [0.2, 0.25) is 19.6 Å². The van der Waals surface area contributed by atoms with E-state index in [1.165, 1.54) is 5.19 Å². The minimum Gasteiger partial charge on any atom is -0.486 e. The zero-order chi connectivity index (χ0) is 36.2. The van der Waals surface area contributed by atoms with Gasteiger partial charge in [0, 0.05) is 48.0 Å². The Morgan fingerprint density at radius 3 is 2.38 bits per heavy atom. The molecule has 0 aliphatic rings. The molecule has 1 radical (unpaired) electrons. The number of aromatic nitrogens is 4. The van der Waals surface area contributed by atoms with Gasteiger partial charge in [0.15, 0.2) is 0 Å². The van der Waals surface area contributed by atoms with Gasteiger partial charge in [0.1, 0.15) is 0 Å². The van der Waals surface area contributed by atoms with Crippen molar-refractivity contribution in [3.8, 4) is 22.6 Å². The molecule has 7 aromatic rings. The van der Waals surface area contributed by atoms with Crippen molar-refractivity contribution in [1.82, 2.24) is 19.5 Å². The van der Waals surface area contributed by atoms with E-state index in [-0.39, 0.29) is 20.1 Å². The standard InChI is InChI=1S/C23H25N2OSi.C18H19N2.Ir/c1-14(2)18-12-20(24-13-22(18)27(4,5)6)16-8-10-21-19(11-16)17-9-7-15(3)25-23(17)26-21;1-18(2,3)13-20-16-12-8-7-11-15(16)19-17(20)14-9-5-4-6-10-14;/h7,9-14H,1-6H3;4-9,11-12H,13H2,1-3H3;/q2*-1;/i14D;13D2;. The zero-order valence-corrected chi connectivity index (χ0v) is 32.5. The molecule has 0 saturated carbocycles. The molecule has 4 aromatic heterocycles. The average molecular weight is 832 g/mol. The van der Waals surface area contributed by atoms with Crippen molar-refractivity contribution >= 4 is 46.4 Å². The summed E-state index contributed by atoms with van der Waals surface area (Å²) in [6.45, 7) is 16.9. The van der Waals surface area contributed by atoms with Crippen LogP contribution in [0.3, 0.4) is 0 Å². The van der Waals surface area contributed by atoms with Crippen molar-refractivity contribution in [2.45, 2.75) is 73.6 Å². The van der Waals surface area contributed by atoms with Gasteiger partial charge in [-0.2, -0.15) is 0 Å². The van der Waals surface area contributed by atoms with Crippen LogP contribution >= 0.6 is 0 Å². The van der Waals surface area contributed by atoms with E-state index in [0.717, 1.165) is 55.5 Å². The largest absolute Gasteiger partial charge is 0.486 e. The quantitative estimate of drug-likeness (QED) is 0.128. The zero-order valence-electron chi connectivity index (χ0n) is 32.1. The van der Waals surface area contributed by atoms with Gasteiger partial charge in [0.25, 0.3) is 0 Å². The van der Waals surface area contributed by atoms with E-state index >= 15 is 0 Å². The van der Waals surface area contributed by atoms with Gasteiger partial charge >= 0.3 is 0 Å². The number of aryl methyl sites for hydroxylation is 1. The van der Waals surface area contributed by atoms with Crippen LogP contribution in [-0.4, -0.2) is 27.6 Å². The Kier molecular flexibility index (Phi) is 9.09. The Balaban J connectivity index is 0.000000199. The van der Waals surface area contributed by atoms with Crippen LogP contribution in [0.25, 0.3) is 55.7 Å². The monoisotopic (exact) mass is 832 g/mol. The van der Waals surface area contributed by atoms with Crippen LogP contribution in [0.5, 0.6) is 0 Å². The van der Waals surface area contributed by atoms with Crippen molar-refractivity contribution in [2.75, 3.05) is 0 Å². The number of hydrogen-bond donors (Lipinski definition) is 0. The Morgan fingerprint density at radius 2 is 1.69 bits per heavy atom. The molecule has 0 saturated heterocycles. The van der Waals surface area contributed by atoms with Gasteiger partial charge in [0.05, 0.1) is 30.5 Å². The number of fused-ring (bicyclic) bond motifs is 4. The second-order valence-electron chi connectivity index (χ2n) is 14.3. The van der Waals surface area contributed by atoms with E-state index in [0.29, 0.717) is 11.5 Å². The van der Waals surface area contributed by atoms with E-state index in [9.17, 15) is 0 Å². The van der Waals surface area contributed by atoms with E-state index in [4.69, 9.17) is 13.5 Å². The van der Waals surface area contributed by atoms with E-state index in [1.807, 2.05) is 114 Å². The minimum atomic E-state index is -1.60. The molecule has 0 fully saturated rings. The fraction of sp³-hybridized carbons (Fsp3) is 0.293. The first-order chi connectivity index (χ1) is 23.4. The van der Waals surface area contributed by atoms with Gasteiger partial charge in [-0.25, -0.2) is 4.98 Å². The van der Waals surface area contributed by atoms with Crippen LogP contribution in [0.1, 0.15) is 55.9 Å². The molecule has 5 nitrogen and oxygen atoms in total. The molecule has 0 amide bonds. The molecule has 0 atom stereocenters. The van der Waals surface area contributed by atoms with Crippen molar-refractivity contribution in [3.63, 3.8) is 0 Å². The number of para-hydroxylation sites is 2. The minimum absolute atomic E-state index is 0. The van der Waals surface area contributed by atoms with Crippen molar-refractivity contribution in [1.29, 1.82) is 0 Å². The smallest absolute Gasteiger partial charge is 0.216 e. The Bertz CT molecular complexity index is 2330. The van der Waals surface area contributed by atoms with Crippen molar-refractivity contribution < 1.29 is 28.6 Å². The molecule has 0 aliphatic heterocycles. The number of rotatable bonds is 5. The molecule has 0 spiro atoms. The first kappa shape index (κ1) is 31.4. The number of imidazole rings is 1. The molecule has 3 aromatic carbocycles. The predicted molar refractivity (Wildman–Crippen MR) is 199 cm³/mol. The second-order valence-corrected chi connectivity index (χ2v) is 19.3. The summed E-state index contributed by atoms with van der Waals surface area (Å²) in [5.74, 6) is -0.0667. The third-order valence-electron chi connectivity index (χ3n) is 7.89. The fourth-order valence-electron chi connectivity index (χ4n) is 5.64. The molecule has 7 rings (SSSR count). The van der Waals surface area contributed by atoms with E-state index < -0.39 is 25.9 Å². The molecule has 0 unspecified atom stereocenters. The van der Waals surface area contributed by atoms with Gasteiger partial charge in [-0.05, 0) is 53.4 Å². The Morgan fingerprint density at radius 1 is 0.938 bits per heavy atom. The fourth-order valence-corrected chi connectivity index (χ4v) is 7.22. The number of nitrogens with zero attached hydrogens (tertiary/aromatic N) is 4. The maximum absolute atomic E-state index is 8.68. The summed E-state index contributed by atoms with van der Waals surface area (Å²) in [6.07, 6.45) is 1.98. The Hall–Kier alpha value is -3.90. The SMILES string of the molecule is [2H]C(C)(C)c1cc(-c2[c-]cc3oc4nc(C)ccc4c3c2)ncc1[Si](C)(C)C.[2H]C([2H])(n1c(-c2[c-]cccc2)nc2ccccc21)C(C)(C)C.[Ir]. The summed E-state index contributed by atoms with van der Waals surface area (Å²) in [7, 11) is -1.60. The third kappa shape index (κ3) is 7.54. The molecule has 0 aliphatic carbocycles. The van der Waals surface area contributed by atoms with Gasteiger partial charge in [-0.15, -0.1) is 59.7 Å². The maximum Gasteiger partial charge on any atom is 0.216 e. The van der Waals surface area contributed by atoms with Gasteiger partial charge < -0.3 is 14.0 Å². The summed E-state index contributed by atoms with van der Waals surface area (Å²) in [5.41, 5.74) is 6.98. The van der Waals surface area contributed by atoms with E-state index in [2.05, 4.69) is 53.9 Å². The van der Waals surface area contributed by atoms with Crippen LogP contribution in [-0.2, 0) is 26.6 Å². The summed E-state index contributed by atoms with van der Waals surface area (Å²) in [4.78, 5) is 13.9. The molecule has 7 heteroatoms. The Labute approximate surface area is 303 Å². The summed E-state index contributed by atoms with van der Waals surface area (Å²) >= 11 is 0. The average Bonchev–Trinajstić information content (AvgIpc) is 3.62. The number of benzene rings is 3. The third-order valence-corrected chi connectivity index (χ3v) is 9.91. The molecular weight excluding hydrogens is 785 g/mol. The first-order valence-corrected chi connectivity index (χ1v) is 19.5. The molecule has 48 heavy (non-hydrogen) atoms. The summed E-state index contributed by atoms with van der Waals surface area (Å²) < 4.78 is 33.6. The van der Waals surface area contributed by atoms with Crippen LogP contribution in [0, 0.1) is 24.5 Å². The normalized spacial score (nSPS) is 13.4. The first-order valence-electron chi connectivity index (χ1n) is 17.5. The molecule has 0 bridgehead atoms. The maximum atomic E-state index is 8.68. The molecule has 4 heterocycles. The predicted octanol–water partition coefficient (Wildman–Crippen LogP) is 10.4.